The molecule has 0 spiro atoms. The number of aromatic nitrogens is 3. The van der Waals surface area contributed by atoms with E-state index in [4.69, 9.17) is 23.2 Å². The molecule has 0 aliphatic heterocycles. The number of imidazole rings is 1. The van der Waals surface area contributed by atoms with Gasteiger partial charge in [0.15, 0.2) is 0 Å². The summed E-state index contributed by atoms with van der Waals surface area (Å²) < 4.78 is 3.81. The van der Waals surface area contributed by atoms with E-state index in [1.54, 1.807) is 16.7 Å². The summed E-state index contributed by atoms with van der Waals surface area (Å²) in [4.78, 5) is 17.2. The number of benzene rings is 1. The largest absolute Gasteiger partial charge is 0.318 e. The van der Waals surface area contributed by atoms with E-state index < -0.39 is 0 Å². The molecule has 1 aromatic carbocycles. The van der Waals surface area contributed by atoms with Crippen LogP contribution in [0.5, 0.6) is 0 Å². The molecule has 31 heavy (non-hydrogen) atoms. The first-order chi connectivity index (χ1) is 14.7. The quantitative estimate of drug-likeness (QED) is 0.330. The average molecular weight is 454 g/mol. The van der Waals surface area contributed by atoms with Crippen LogP contribution in [0.15, 0.2) is 47.7 Å². The van der Waals surface area contributed by atoms with Crippen molar-refractivity contribution < 1.29 is 4.79 Å². The second kappa shape index (κ2) is 8.21. The Labute approximate surface area is 190 Å². The lowest BCUT2D eigenvalue weighted by atomic mass is 10.2. The van der Waals surface area contributed by atoms with Crippen LogP contribution >= 0.6 is 23.2 Å². The molecular weight excluding hydrogens is 433 g/mol. The minimum atomic E-state index is -0.319. The van der Waals surface area contributed by atoms with Gasteiger partial charge in [-0.05, 0) is 69.7 Å². The van der Waals surface area contributed by atoms with Crippen molar-refractivity contribution in [3.8, 4) is 5.69 Å². The summed E-state index contributed by atoms with van der Waals surface area (Å²) in [5.41, 5.74) is 9.23. The van der Waals surface area contributed by atoms with Gasteiger partial charge in [0.2, 0.25) is 0 Å². The molecule has 8 heteroatoms. The standard InChI is InChI=1S/C23H21Cl2N5O/c1-13-5-6-29-21(7-13)27-15(3)22(29)23(31)28-26-12-17-8-14(2)30(16(17)4)20-10-18(24)9-19(25)11-20/h5-12H,1-4H3,(H,28,31)/b26-12-. The van der Waals surface area contributed by atoms with Gasteiger partial charge in [0, 0.05) is 38.9 Å². The number of halogens is 2. The fourth-order valence-electron chi connectivity index (χ4n) is 3.74. The zero-order valence-corrected chi connectivity index (χ0v) is 19.1. The minimum absolute atomic E-state index is 0.319. The number of hydrazone groups is 1. The Morgan fingerprint density at radius 1 is 1.06 bits per heavy atom. The third kappa shape index (κ3) is 4.09. The van der Waals surface area contributed by atoms with Gasteiger partial charge in [0.05, 0.1) is 11.9 Å². The first-order valence-corrected chi connectivity index (χ1v) is 10.4. The van der Waals surface area contributed by atoms with E-state index in [2.05, 4.69) is 15.5 Å². The molecule has 0 fully saturated rings. The Hall–Kier alpha value is -3.09. The van der Waals surface area contributed by atoms with Crippen LogP contribution in [-0.4, -0.2) is 26.1 Å². The number of carbonyl (C=O) groups is 1. The van der Waals surface area contributed by atoms with Crippen LogP contribution in [0, 0.1) is 27.7 Å². The predicted molar refractivity (Wildman–Crippen MR) is 125 cm³/mol. The topological polar surface area (TPSA) is 63.7 Å². The number of fused-ring (bicyclic) bond motifs is 1. The molecule has 0 aliphatic carbocycles. The van der Waals surface area contributed by atoms with E-state index in [-0.39, 0.29) is 5.91 Å². The summed E-state index contributed by atoms with van der Waals surface area (Å²) in [5.74, 6) is -0.319. The smallest absolute Gasteiger partial charge is 0.290 e. The number of nitrogens with one attached hydrogen (secondary N) is 1. The molecule has 6 nitrogen and oxygen atoms in total. The summed E-state index contributed by atoms with van der Waals surface area (Å²) in [5, 5.41) is 5.31. The molecular formula is C23H21Cl2N5O. The number of pyridine rings is 1. The number of hydrogen-bond donors (Lipinski definition) is 1. The number of nitrogens with zero attached hydrogens (tertiary/aromatic N) is 4. The third-order valence-electron chi connectivity index (χ3n) is 5.12. The Balaban J connectivity index is 1.59. The molecule has 3 aromatic heterocycles. The second-order valence-corrected chi connectivity index (χ2v) is 8.34. The molecule has 0 unspecified atom stereocenters. The summed E-state index contributed by atoms with van der Waals surface area (Å²) in [6.07, 6.45) is 3.47. The van der Waals surface area contributed by atoms with Gasteiger partial charge in [-0.15, -0.1) is 0 Å². The van der Waals surface area contributed by atoms with E-state index in [9.17, 15) is 4.79 Å². The van der Waals surface area contributed by atoms with Gasteiger partial charge in [0.1, 0.15) is 11.3 Å². The van der Waals surface area contributed by atoms with Crippen LogP contribution in [0.25, 0.3) is 11.3 Å². The van der Waals surface area contributed by atoms with E-state index in [1.165, 1.54) is 0 Å². The van der Waals surface area contributed by atoms with Crippen molar-refractivity contribution in [3.05, 3.63) is 86.5 Å². The molecule has 0 aliphatic rings. The van der Waals surface area contributed by atoms with Crippen LogP contribution in [0.1, 0.15) is 38.7 Å². The number of rotatable bonds is 4. The van der Waals surface area contributed by atoms with Crippen molar-refractivity contribution in [2.24, 2.45) is 5.10 Å². The molecule has 0 atom stereocenters. The first-order valence-electron chi connectivity index (χ1n) is 9.68. The third-order valence-corrected chi connectivity index (χ3v) is 5.55. The Bertz CT molecular complexity index is 1330. The van der Waals surface area contributed by atoms with Crippen molar-refractivity contribution in [2.45, 2.75) is 27.7 Å². The number of carbonyl (C=O) groups excluding carboxylic acids is 1. The van der Waals surface area contributed by atoms with Crippen LogP contribution in [0.4, 0.5) is 0 Å². The highest BCUT2D eigenvalue weighted by atomic mass is 35.5. The van der Waals surface area contributed by atoms with Crippen LogP contribution in [0.3, 0.4) is 0 Å². The van der Waals surface area contributed by atoms with Gasteiger partial charge >= 0.3 is 0 Å². The van der Waals surface area contributed by atoms with Gasteiger partial charge in [-0.1, -0.05) is 23.2 Å². The minimum Gasteiger partial charge on any atom is -0.318 e. The lowest BCUT2D eigenvalue weighted by molar-refractivity contribution is 0.0948. The van der Waals surface area contributed by atoms with Gasteiger partial charge < -0.3 is 4.57 Å². The molecule has 0 radical (unpaired) electrons. The van der Waals surface area contributed by atoms with Crippen molar-refractivity contribution in [1.29, 1.82) is 0 Å². The van der Waals surface area contributed by atoms with Crippen molar-refractivity contribution in [1.82, 2.24) is 19.4 Å². The Kier molecular flexibility index (Phi) is 5.60. The first kappa shape index (κ1) is 21.2. The van der Waals surface area contributed by atoms with Crippen molar-refractivity contribution in [2.75, 3.05) is 0 Å². The zero-order chi connectivity index (χ0) is 22.3. The normalized spacial score (nSPS) is 11.5. The lowest BCUT2D eigenvalue weighted by Gasteiger charge is -2.10. The Morgan fingerprint density at radius 2 is 1.77 bits per heavy atom. The highest BCUT2D eigenvalue weighted by molar-refractivity contribution is 6.34. The van der Waals surface area contributed by atoms with Gasteiger partial charge in [-0.25, -0.2) is 10.4 Å². The Morgan fingerprint density at radius 3 is 2.48 bits per heavy atom. The maximum Gasteiger partial charge on any atom is 0.290 e. The lowest BCUT2D eigenvalue weighted by Crippen LogP contribution is -2.20. The zero-order valence-electron chi connectivity index (χ0n) is 17.6. The summed E-state index contributed by atoms with van der Waals surface area (Å²) in [6, 6.07) is 11.3. The average Bonchev–Trinajstić information content (AvgIpc) is 3.15. The molecule has 1 amide bonds. The van der Waals surface area contributed by atoms with Crippen LogP contribution in [0.2, 0.25) is 10.0 Å². The van der Waals surface area contributed by atoms with Crippen molar-refractivity contribution in [3.63, 3.8) is 0 Å². The summed E-state index contributed by atoms with van der Waals surface area (Å²) >= 11 is 12.3. The van der Waals surface area contributed by atoms with Gasteiger partial charge in [-0.2, -0.15) is 5.10 Å². The van der Waals surface area contributed by atoms with Crippen LogP contribution < -0.4 is 5.43 Å². The molecule has 3 heterocycles. The predicted octanol–water partition coefficient (Wildman–Crippen LogP) is 5.43. The van der Waals surface area contributed by atoms with E-state index in [0.29, 0.717) is 21.4 Å². The van der Waals surface area contributed by atoms with E-state index in [0.717, 1.165) is 33.8 Å². The number of aryl methyl sites for hydroxylation is 3. The highest BCUT2D eigenvalue weighted by Crippen LogP contribution is 2.26. The van der Waals surface area contributed by atoms with Crippen molar-refractivity contribution >= 4 is 41.0 Å². The highest BCUT2D eigenvalue weighted by Gasteiger charge is 2.16. The van der Waals surface area contributed by atoms with Crippen LogP contribution in [-0.2, 0) is 0 Å². The monoisotopic (exact) mass is 453 g/mol. The summed E-state index contributed by atoms with van der Waals surface area (Å²) in [7, 11) is 0. The van der Waals surface area contributed by atoms with E-state index >= 15 is 0 Å². The molecule has 0 bridgehead atoms. The molecule has 0 saturated carbocycles. The molecule has 158 valence electrons. The maximum atomic E-state index is 12.7. The van der Waals surface area contributed by atoms with Gasteiger partial charge in [-0.3, -0.25) is 9.20 Å². The van der Waals surface area contributed by atoms with Gasteiger partial charge in [0.25, 0.3) is 5.91 Å². The van der Waals surface area contributed by atoms with E-state index in [1.807, 2.05) is 68.8 Å². The number of amides is 1. The molecule has 4 aromatic rings. The second-order valence-electron chi connectivity index (χ2n) is 7.47. The SMILES string of the molecule is Cc1ccn2c(C(=O)N/N=C\c3cc(C)n(-c4cc(Cl)cc(Cl)c4)c3C)c(C)nc2c1. The molecule has 1 N–H and O–H groups in total. The molecule has 4 rings (SSSR count). The number of hydrogen-bond acceptors (Lipinski definition) is 3. The summed E-state index contributed by atoms with van der Waals surface area (Å²) in [6.45, 7) is 7.76. The fourth-order valence-corrected chi connectivity index (χ4v) is 4.25. The maximum absolute atomic E-state index is 12.7. The fraction of sp³-hybridized carbons (Fsp3) is 0.174. The molecule has 0 saturated heterocycles.